The number of hydrogen-bond acceptors (Lipinski definition) is 0. The molecule has 0 unspecified atom stereocenters. The first kappa shape index (κ1) is 9.08. The molecule has 0 aromatic heterocycles. The third-order valence-electron chi connectivity index (χ3n) is 3.60. The summed E-state index contributed by atoms with van der Waals surface area (Å²) in [5.74, 6) is 1.53. The molecule has 0 nitrogen and oxygen atoms in total. The zero-order valence-electron chi connectivity index (χ0n) is 8.34. The molecular formula is C12H15Cl. The number of rotatable bonds is 1. The van der Waals surface area contributed by atoms with Gasteiger partial charge >= 0.3 is 0 Å². The average Bonchev–Trinajstić information content (AvgIpc) is 2.55. The van der Waals surface area contributed by atoms with Crippen molar-refractivity contribution in [3.63, 3.8) is 0 Å². The molecule has 1 aliphatic rings. The molecule has 1 heteroatoms. The van der Waals surface area contributed by atoms with Gasteiger partial charge in [0.05, 0.1) is 0 Å². The highest BCUT2D eigenvalue weighted by Gasteiger charge is 2.54. The Morgan fingerprint density at radius 2 is 1.62 bits per heavy atom. The van der Waals surface area contributed by atoms with Crippen molar-refractivity contribution in [3.05, 3.63) is 34.9 Å². The van der Waals surface area contributed by atoms with Gasteiger partial charge in [-0.1, -0.05) is 44.5 Å². The summed E-state index contributed by atoms with van der Waals surface area (Å²) in [4.78, 5) is 0. The normalized spacial score (nSPS) is 30.2. The van der Waals surface area contributed by atoms with E-state index in [0.29, 0.717) is 5.41 Å². The molecule has 1 aromatic rings. The third kappa shape index (κ3) is 1.38. The van der Waals surface area contributed by atoms with Crippen LogP contribution >= 0.6 is 11.6 Å². The molecule has 1 aliphatic carbocycles. The van der Waals surface area contributed by atoms with E-state index in [4.69, 9.17) is 11.6 Å². The van der Waals surface area contributed by atoms with Gasteiger partial charge in [0.1, 0.15) is 0 Å². The maximum Gasteiger partial charge on any atom is 0.0406 e. The minimum Gasteiger partial charge on any atom is -0.0843 e. The van der Waals surface area contributed by atoms with Crippen LogP contribution in [0.25, 0.3) is 0 Å². The highest BCUT2D eigenvalue weighted by atomic mass is 35.5. The number of halogens is 1. The van der Waals surface area contributed by atoms with E-state index in [1.165, 1.54) is 5.56 Å². The van der Waals surface area contributed by atoms with Gasteiger partial charge in [0.2, 0.25) is 0 Å². The summed E-state index contributed by atoms with van der Waals surface area (Å²) in [6.07, 6.45) is 0. The molecule has 1 aromatic carbocycles. The van der Waals surface area contributed by atoms with Gasteiger partial charge in [-0.3, -0.25) is 0 Å². The SMILES string of the molecule is C[C@H]1[C@H](c2ccc(Cl)cc2)C1(C)C. The van der Waals surface area contributed by atoms with Crippen LogP contribution in [0.1, 0.15) is 32.3 Å². The van der Waals surface area contributed by atoms with Gasteiger partial charge in [-0.05, 0) is 34.9 Å². The van der Waals surface area contributed by atoms with Crippen LogP contribution in [-0.4, -0.2) is 0 Å². The summed E-state index contributed by atoms with van der Waals surface area (Å²) in [6, 6.07) is 8.27. The van der Waals surface area contributed by atoms with Gasteiger partial charge < -0.3 is 0 Å². The minimum absolute atomic E-state index is 0.480. The minimum atomic E-state index is 0.480. The van der Waals surface area contributed by atoms with Crippen molar-refractivity contribution in [3.8, 4) is 0 Å². The van der Waals surface area contributed by atoms with Crippen LogP contribution in [0.3, 0.4) is 0 Å². The van der Waals surface area contributed by atoms with Crippen molar-refractivity contribution >= 4 is 11.6 Å². The van der Waals surface area contributed by atoms with Gasteiger partial charge in [-0.15, -0.1) is 0 Å². The molecule has 0 aliphatic heterocycles. The highest BCUT2D eigenvalue weighted by molar-refractivity contribution is 6.30. The van der Waals surface area contributed by atoms with Crippen molar-refractivity contribution in [1.82, 2.24) is 0 Å². The molecule has 0 radical (unpaired) electrons. The molecule has 70 valence electrons. The van der Waals surface area contributed by atoms with Gasteiger partial charge in [-0.2, -0.15) is 0 Å². The second kappa shape index (κ2) is 2.75. The van der Waals surface area contributed by atoms with E-state index in [-0.39, 0.29) is 0 Å². The molecule has 0 amide bonds. The lowest BCUT2D eigenvalue weighted by atomic mass is 10.0. The fourth-order valence-electron chi connectivity index (χ4n) is 2.28. The fraction of sp³-hybridized carbons (Fsp3) is 0.500. The molecule has 0 bridgehead atoms. The zero-order valence-corrected chi connectivity index (χ0v) is 9.10. The first-order valence-corrected chi connectivity index (χ1v) is 5.17. The predicted molar refractivity (Wildman–Crippen MR) is 57.1 cm³/mol. The number of hydrogen-bond donors (Lipinski definition) is 0. The Bertz CT molecular complexity index is 310. The van der Waals surface area contributed by atoms with E-state index in [1.807, 2.05) is 12.1 Å². The molecule has 2 atom stereocenters. The Balaban J connectivity index is 2.25. The fourth-order valence-corrected chi connectivity index (χ4v) is 2.41. The Kier molecular flexibility index (Phi) is 1.92. The van der Waals surface area contributed by atoms with Crippen molar-refractivity contribution in [2.24, 2.45) is 11.3 Å². The van der Waals surface area contributed by atoms with Gasteiger partial charge in [-0.25, -0.2) is 0 Å². The first-order chi connectivity index (χ1) is 6.03. The van der Waals surface area contributed by atoms with E-state index in [0.717, 1.165) is 16.9 Å². The van der Waals surface area contributed by atoms with Crippen molar-refractivity contribution in [1.29, 1.82) is 0 Å². The van der Waals surface area contributed by atoms with E-state index in [1.54, 1.807) is 0 Å². The average molecular weight is 195 g/mol. The lowest BCUT2D eigenvalue weighted by molar-refractivity contribution is 0.575. The molecule has 0 N–H and O–H groups in total. The maximum atomic E-state index is 5.84. The van der Waals surface area contributed by atoms with E-state index >= 15 is 0 Å². The first-order valence-electron chi connectivity index (χ1n) is 4.79. The summed E-state index contributed by atoms with van der Waals surface area (Å²) < 4.78 is 0. The molecule has 2 rings (SSSR count). The van der Waals surface area contributed by atoms with Crippen LogP contribution < -0.4 is 0 Å². The summed E-state index contributed by atoms with van der Waals surface area (Å²) in [5, 5.41) is 0.829. The van der Waals surface area contributed by atoms with Gasteiger partial charge in [0, 0.05) is 5.02 Å². The summed E-state index contributed by atoms with van der Waals surface area (Å²) in [5.41, 5.74) is 1.91. The van der Waals surface area contributed by atoms with Crippen LogP contribution in [0.4, 0.5) is 0 Å². The second-order valence-corrected chi connectivity index (χ2v) is 5.08. The Morgan fingerprint density at radius 1 is 1.15 bits per heavy atom. The van der Waals surface area contributed by atoms with Crippen LogP contribution in [0.5, 0.6) is 0 Å². The van der Waals surface area contributed by atoms with Crippen molar-refractivity contribution in [2.75, 3.05) is 0 Å². The predicted octanol–water partition coefficient (Wildman–Crippen LogP) is 4.10. The topological polar surface area (TPSA) is 0 Å². The monoisotopic (exact) mass is 194 g/mol. The third-order valence-corrected chi connectivity index (χ3v) is 3.85. The number of benzene rings is 1. The summed E-state index contributed by atoms with van der Waals surface area (Å²) >= 11 is 5.84. The van der Waals surface area contributed by atoms with E-state index < -0.39 is 0 Å². The zero-order chi connectivity index (χ0) is 9.64. The Labute approximate surface area is 84.9 Å². The molecule has 1 saturated carbocycles. The molecule has 0 heterocycles. The van der Waals surface area contributed by atoms with Crippen LogP contribution in [0.15, 0.2) is 24.3 Å². The summed E-state index contributed by atoms with van der Waals surface area (Å²) in [7, 11) is 0. The quantitative estimate of drug-likeness (QED) is 0.632. The van der Waals surface area contributed by atoms with E-state index in [2.05, 4.69) is 32.9 Å². The van der Waals surface area contributed by atoms with Gasteiger partial charge in [0.15, 0.2) is 0 Å². The van der Waals surface area contributed by atoms with E-state index in [9.17, 15) is 0 Å². The molecular weight excluding hydrogens is 180 g/mol. The summed E-state index contributed by atoms with van der Waals surface area (Å²) in [6.45, 7) is 6.98. The van der Waals surface area contributed by atoms with Crippen LogP contribution in [0, 0.1) is 11.3 Å². The Hall–Kier alpha value is -0.490. The standard InChI is InChI=1S/C12H15Cl/c1-8-11(12(8,2)3)9-4-6-10(13)7-5-9/h4-8,11H,1-3H3/t8-,11+/m0/s1. The van der Waals surface area contributed by atoms with Gasteiger partial charge in [0.25, 0.3) is 0 Å². The largest absolute Gasteiger partial charge is 0.0843 e. The maximum absolute atomic E-state index is 5.84. The van der Waals surface area contributed by atoms with Crippen LogP contribution in [-0.2, 0) is 0 Å². The Morgan fingerprint density at radius 3 is 2.00 bits per heavy atom. The molecule has 1 fully saturated rings. The second-order valence-electron chi connectivity index (χ2n) is 4.64. The lowest BCUT2D eigenvalue weighted by Crippen LogP contribution is -1.89. The molecule has 13 heavy (non-hydrogen) atoms. The smallest absolute Gasteiger partial charge is 0.0406 e. The molecule has 0 saturated heterocycles. The highest BCUT2D eigenvalue weighted by Crippen LogP contribution is 2.63. The lowest BCUT2D eigenvalue weighted by Gasteiger charge is -2.02. The van der Waals surface area contributed by atoms with Crippen LogP contribution in [0.2, 0.25) is 5.02 Å². The van der Waals surface area contributed by atoms with Crippen molar-refractivity contribution in [2.45, 2.75) is 26.7 Å². The van der Waals surface area contributed by atoms with Crippen molar-refractivity contribution < 1.29 is 0 Å². The molecule has 0 spiro atoms.